The number of likely N-dealkylation sites (tertiary alicyclic amines) is 1. The number of carbonyl (C=O) groups is 1. The van der Waals surface area contributed by atoms with E-state index in [2.05, 4.69) is 9.55 Å². The Morgan fingerprint density at radius 2 is 2.28 bits per heavy atom. The summed E-state index contributed by atoms with van der Waals surface area (Å²) in [5.74, 6) is 1.38. The highest BCUT2D eigenvalue weighted by Gasteiger charge is 2.28. The lowest BCUT2D eigenvalue weighted by Crippen LogP contribution is -2.40. The van der Waals surface area contributed by atoms with Gasteiger partial charge in [-0.3, -0.25) is 4.79 Å². The lowest BCUT2D eigenvalue weighted by molar-refractivity contribution is 0.0702. The summed E-state index contributed by atoms with van der Waals surface area (Å²) >= 11 is 6.01. The first-order chi connectivity index (χ1) is 12.1. The number of aryl methyl sites for hydroxylation is 1. The molecule has 3 rings (SSSR count). The molecule has 1 aromatic heterocycles. The fourth-order valence-electron chi connectivity index (χ4n) is 3.47. The van der Waals surface area contributed by atoms with Gasteiger partial charge in [0.2, 0.25) is 0 Å². The molecule has 0 aliphatic carbocycles. The van der Waals surface area contributed by atoms with Crippen LogP contribution in [0.4, 0.5) is 0 Å². The zero-order valence-electron chi connectivity index (χ0n) is 14.7. The van der Waals surface area contributed by atoms with Crippen molar-refractivity contribution in [3.05, 3.63) is 52.6 Å². The molecular formula is C19H24ClN3O2. The van der Waals surface area contributed by atoms with E-state index in [9.17, 15) is 4.79 Å². The molecule has 1 aliphatic heterocycles. The molecule has 2 aromatic rings. The highest BCUT2D eigenvalue weighted by molar-refractivity contribution is 6.30. The summed E-state index contributed by atoms with van der Waals surface area (Å²) in [4.78, 5) is 19.4. The van der Waals surface area contributed by atoms with Gasteiger partial charge in [0.25, 0.3) is 5.91 Å². The maximum Gasteiger partial charge on any atom is 0.254 e. The topological polar surface area (TPSA) is 47.4 Å². The number of imidazole rings is 1. The van der Waals surface area contributed by atoms with Crippen LogP contribution < -0.4 is 0 Å². The first-order valence-corrected chi connectivity index (χ1v) is 9.03. The number of nitrogens with zero attached hydrogens (tertiary/aromatic N) is 3. The maximum atomic E-state index is 12.9. The molecule has 0 spiro atoms. The Bertz CT molecular complexity index is 744. The second-order valence-electron chi connectivity index (χ2n) is 6.52. The quantitative estimate of drug-likeness (QED) is 0.818. The average Bonchev–Trinajstić information content (AvgIpc) is 3.08. The molecule has 1 aromatic carbocycles. The number of amides is 1. The van der Waals surface area contributed by atoms with Gasteiger partial charge in [-0.05, 0) is 43.5 Å². The number of aromatic nitrogens is 2. The van der Waals surface area contributed by atoms with E-state index in [1.807, 2.05) is 36.4 Å². The maximum absolute atomic E-state index is 12.9. The fraction of sp³-hybridized carbons (Fsp3) is 0.474. The second-order valence-corrected chi connectivity index (χ2v) is 6.96. The summed E-state index contributed by atoms with van der Waals surface area (Å²) in [5, 5.41) is 0.658. The first-order valence-electron chi connectivity index (χ1n) is 8.65. The van der Waals surface area contributed by atoms with Crippen LogP contribution in [0, 0.1) is 6.92 Å². The van der Waals surface area contributed by atoms with E-state index in [-0.39, 0.29) is 11.8 Å². The molecule has 1 saturated heterocycles. The minimum Gasteiger partial charge on any atom is -0.383 e. The van der Waals surface area contributed by atoms with Crippen molar-refractivity contribution in [2.75, 3.05) is 26.8 Å². The molecule has 2 heterocycles. The monoisotopic (exact) mass is 361 g/mol. The van der Waals surface area contributed by atoms with Gasteiger partial charge in [0.1, 0.15) is 5.82 Å². The van der Waals surface area contributed by atoms with E-state index in [1.54, 1.807) is 13.2 Å². The minimum atomic E-state index is 0.0777. The molecule has 0 saturated carbocycles. The number of carbonyl (C=O) groups excluding carboxylic acids is 1. The van der Waals surface area contributed by atoms with Crippen LogP contribution in [0.5, 0.6) is 0 Å². The van der Waals surface area contributed by atoms with Crippen LogP contribution in [-0.2, 0) is 11.3 Å². The summed E-state index contributed by atoms with van der Waals surface area (Å²) in [6, 6.07) is 5.44. The summed E-state index contributed by atoms with van der Waals surface area (Å²) in [5.41, 5.74) is 1.65. The van der Waals surface area contributed by atoms with E-state index in [1.165, 1.54) is 0 Å². The molecule has 1 aliphatic rings. The molecule has 0 N–H and O–H groups in total. The second kappa shape index (κ2) is 8.02. The number of ether oxygens (including phenoxy) is 1. The normalized spacial score (nSPS) is 17.7. The molecule has 0 radical (unpaired) electrons. The summed E-state index contributed by atoms with van der Waals surface area (Å²) in [7, 11) is 1.70. The lowest BCUT2D eigenvalue weighted by Gasteiger charge is -2.33. The van der Waals surface area contributed by atoms with Gasteiger partial charge in [-0.25, -0.2) is 4.98 Å². The van der Waals surface area contributed by atoms with Gasteiger partial charge in [-0.15, -0.1) is 0 Å². The molecule has 0 unspecified atom stereocenters. The van der Waals surface area contributed by atoms with Crippen molar-refractivity contribution >= 4 is 17.5 Å². The van der Waals surface area contributed by atoms with Crippen molar-refractivity contribution in [2.45, 2.75) is 32.2 Å². The molecule has 1 fully saturated rings. The fourth-order valence-corrected chi connectivity index (χ4v) is 3.70. The zero-order chi connectivity index (χ0) is 17.8. The molecule has 0 bridgehead atoms. The Morgan fingerprint density at radius 3 is 3.04 bits per heavy atom. The smallest absolute Gasteiger partial charge is 0.254 e. The van der Waals surface area contributed by atoms with Crippen LogP contribution in [0.2, 0.25) is 5.02 Å². The van der Waals surface area contributed by atoms with Crippen molar-refractivity contribution in [1.82, 2.24) is 14.5 Å². The van der Waals surface area contributed by atoms with Crippen molar-refractivity contribution in [3.63, 3.8) is 0 Å². The number of piperidine rings is 1. The number of halogens is 1. The molecule has 6 heteroatoms. The number of hydrogen-bond acceptors (Lipinski definition) is 3. The van der Waals surface area contributed by atoms with E-state index in [0.29, 0.717) is 18.2 Å². The minimum absolute atomic E-state index is 0.0777. The molecular weight excluding hydrogens is 338 g/mol. The third-order valence-corrected chi connectivity index (χ3v) is 5.01. The molecule has 134 valence electrons. The highest BCUT2D eigenvalue weighted by Crippen LogP contribution is 2.27. The highest BCUT2D eigenvalue weighted by atomic mass is 35.5. The Labute approximate surface area is 153 Å². The number of hydrogen-bond donors (Lipinski definition) is 0. The van der Waals surface area contributed by atoms with Gasteiger partial charge in [-0.1, -0.05) is 11.6 Å². The van der Waals surface area contributed by atoms with Gasteiger partial charge in [0.05, 0.1) is 6.61 Å². The van der Waals surface area contributed by atoms with E-state index in [4.69, 9.17) is 16.3 Å². The van der Waals surface area contributed by atoms with Crippen LogP contribution in [0.1, 0.15) is 40.5 Å². The van der Waals surface area contributed by atoms with Crippen molar-refractivity contribution in [1.29, 1.82) is 0 Å². The average molecular weight is 362 g/mol. The van der Waals surface area contributed by atoms with Gasteiger partial charge in [0, 0.05) is 55.6 Å². The van der Waals surface area contributed by atoms with Crippen LogP contribution >= 0.6 is 11.6 Å². The van der Waals surface area contributed by atoms with E-state index >= 15 is 0 Å². The van der Waals surface area contributed by atoms with Crippen molar-refractivity contribution in [2.24, 2.45) is 0 Å². The standard InChI is InChI=1S/C19H24ClN3O2/c1-14-12-16(20)5-6-17(14)19(24)23-8-3-4-15(13-23)18-21-7-9-22(18)10-11-25-2/h5-7,9,12,15H,3-4,8,10-11,13H2,1-2H3/t15-/m1/s1. The third-order valence-electron chi connectivity index (χ3n) is 4.78. The van der Waals surface area contributed by atoms with Crippen molar-refractivity contribution in [3.8, 4) is 0 Å². The van der Waals surface area contributed by atoms with Gasteiger partial charge in [-0.2, -0.15) is 0 Å². The third kappa shape index (κ3) is 4.05. The van der Waals surface area contributed by atoms with Crippen molar-refractivity contribution < 1.29 is 9.53 Å². The number of benzene rings is 1. The van der Waals surface area contributed by atoms with Crippen LogP contribution in [0.25, 0.3) is 0 Å². The van der Waals surface area contributed by atoms with Crippen LogP contribution in [0.15, 0.2) is 30.6 Å². The lowest BCUT2D eigenvalue weighted by atomic mass is 9.96. The largest absolute Gasteiger partial charge is 0.383 e. The zero-order valence-corrected chi connectivity index (χ0v) is 15.5. The van der Waals surface area contributed by atoms with Gasteiger partial charge < -0.3 is 14.2 Å². The SMILES string of the molecule is COCCn1ccnc1[C@@H]1CCCN(C(=O)c2ccc(Cl)cc2C)C1. The Hall–Kier alpha value is -1.85. The van der Waals surface area contributed by atoms with Crippen LogP contribution in [0.3, 0.4) is 0 Å². The predicted octanol–water partition coefficient (Wildman–Crippen LogP) is 3.51. The Kier molecular flexibility index (Phi) is 5.76. The molecule has 1 atom stereocenters. The summed E-state index contributed by atoms with van der Waals surface area (Å²) in [6.45, 7) is 4.86. The number of methoxy groups -OCH3 is 1. The summed E-state index contributed by atoms with van der Waals surface area (Å²) < 4.78 is 7.31. The molecule has 25 heavy (non-hydrogen) atoms. The summed E-state index contributed by atoms with van der Waals surface area (Å²) in [6.07, 6.45) is 5.85. The Morgan fingerprint density at radius 1 is 1.44 bits per heavy atom. The van der Waals surface area contributed by atoms with Crippen LogP contribution in [-0.4, -0.2) is 47.2 Å². The molecule has 1 amide bonds. The predicted molar refractivity (Wildman–Crippen MR) is 98.2 cm³/mol. The van der Waals surface area contributed by atoms with E-state index < -0.39 is 0 Å². The number of rotatable bonds is 5. The molecule has 5 nitrogen and oxygen atoms in total. The Balaban J connectivity index is 1.75. The first kappa shape index (κ1) is 18.0. The van der Waals surface area contributed by atoms with Gasteiger partial charge in [0.15, 0.2) is 0 Å². The van der Waals surface area contributed by atoms with Gasteiger partial charge >= 0.3 is 0 Å². The van der Waals surface area contributed by atoms with E-state index in [0.717, 1.165) is 42.9 Å².